The molecule has 0 aromatic heterocycles. The van der Waals surface area contributed by atoms with Crippen molar-refractivity contribution in [3.05, 3.63) is 11.1 Å². The van der Waals surface area contributed by atoms with Gasteiger partial charge in [-0.25, -0.2) is 0 Å². The van der Waals surface area contributed by atoms with Gasteiger partial charge in [0.15, 0.2) is 0 Å². The first-order chi connectivity index (χ1) is 12.5. The molecule has 2 nitrogen and oxygen atoms in total. The van der Waals surface area contributed by atoms with Crippen molar-refractivity contribution in [1.29, 1.82) is 0 Å². The number of hydrogen-bond acceptors (Lipinski definition) is 2. The maximum absolute atomic E-state index is 10.7. The highest BCUT2D eigenvalue weighted by Crippen LogP contribution is 2.72. The molecule has 7 atom stereocenters. The summed E-state index contributed by atoms with van der Waals surface area (Å²) in [5.41, 5.74) is 4.54. The van der Waals surface area contributed by atoms with Crippen LogP contribution in [0.5, 0.6) is 0 Å². The van der Waals surface area contributed by atoms with Gasteiger partial charge in [-0.1, -0.05) is 52.7 Å². The second-order valence-electron chi connectivity index (χ2n) is 11.9. The Morgan fingerprint density at radius 2 is 1.63 bits per heavy atom. The standard InChI is InChI=1S/C25H42O2/c1-16(15-26)17-9-13-25(6)19-7-8-20-22(2,3)21(27)11-12-23(20,4)18(19)10-14-24(17,25)5/h16-17,20-21,26-27H,7-15H2,1-6H3/t16-,17-,20?,21+,23-,24-,25+/m1/s1. The molecule has 2 saturated carbocycles. The number of aliphatic hydroxyl groups is 2. The normalized spacial score (nSPS) is 50.0. The molecule has 0 aliphatic heterocycles. The zero-order valence-electron chi connectivity index (χ0n) is 18.6. The lowest BCUT2D eigenvalue weighted by atomic mass is 9.43. The Hall–Kier alpha value is -0.340. The lowest BCUT2D eigenvalue weighted by Crippen LogP contribution is -2.55. The van der Waals surface area contributed by atoms with Gasteiger partial charge in [-0.15, -0.1) is 0 Å². The van der Waals surface area contributed by atoms with Crippen LogP contribution in [-0.4, -0.2) is 22.9 Å². The summed E-state index contributed by atoms with van der Waals surface area (Å²) in [5, 5.41) is 20.6. The molecule has 0 amide bonds. The molecule has 1 unspecified atom stereocenters. The fourth-order valence-electron chi connectivity index (χ4n) is 8.76. The molecule has 4 aliphatic rings. The number of rotatable bonds is 2. The minimum Gasteiger partial charge on any atom is -0.396 e. The minimum atomic E-state index is -0.150. The Kier molecular flexibility index (Phi) is 4.49. The summed E-state index contributed by atoms with van der Waals surface area (Å²) in [6.45, 7) is 14.9. The summed E-state index contributed by atoms with van der Waals surface area (Å²) >= 11 is 0. The molecule has 4 rings (SSSR count). The number of allylic oxidation sites excluding steroid dienone is 2. The van der Waals surface area contributed by atoms with E-state index < -0.39 is 0 Å². The molecule has 2 fully saturated rings. The molecular formula is C25H42O2. The van der Waals surface area contributed by atoms with Crippen molar-refractivity contribution in [3.8, 4) is 0 Å². The highest BCUT2D eigenvalue weighted by molar-refractivity contribution is 5.38. The Morgan fingerprint density at radius 3 is 2.30 bits per heavy atom. The molecule has 2 heteroatoms. The van der Waals surface area contributed by atoms with Crippen molar-refractivity contribution in [2.24, 2.45) is 39.4 Å². The van der Waals surface area contributed by atoms with Crippen LogP contribution in [0.4, 0.5) is 0 Å². The van der Waals surface area contributed by atoms with Crippen molar-refractivity contribution in [1.82, 2.24) is 0 Å². The van der Waals surface area contributed by atoms with Gasteiger partial charge in [0.2, 0.25) is 0 Å². The van der Waals surface area contributed by atoms with Crippen LogP contribution in [0.3, 0.4) is 0 Å². The molecule has 0 radical (unpaired) electrons. The molecule has 27 heavy (non-hydrogen) atoms. The molecule has 2 N–H and O–H groups in total. The molecule has 0 aromatic rings. The molecule has 0 spiro atoms. The summed E-state index contributed by atoms with van der Waals surface area (Å²) < 4.78 is 0. The highest BCUT2D eigenvalue weighted by atomic mass is 16.3. The minimum absolute atomic E-state index is 0.0246. The largest absolute Gasteiger partial charge is 0.396 e. The lowest BCUT2D eigenvalue weighted by molar-refractivity contribution is -0.0964. The van der Waals surface area contributed by atoms with Crippen LogP contribution in [0, 0.1) is 39.4 Å². The zero-order chi connectivity index (χ0) is 19.8. The van der Waals surface area contributed by atoms with Crippen molar-refractivity contribution in [3.63, 3.8) is 0 Å². The predicted molar refractivity (Wildman–Crippen MR) is 111 cm³/mol. The van der Waals surface area contributed by atoms with Gasteiger partial charge >= 0.3 is 0 Å². The van der Waals surface area contributed by atoms with E-state index in [4.69, 9.17) is 0 Å². The molecule has 0 aromatic carbocycles. The first-order valence-corrected chi connectivity index (χ1v) is 11.5. The van der Waals surface area contributed by atoms with Gasteiger partial charge in [-0.3, -0.25) is 0 Å². The first kappa shape index (κ1) is 20.0. The first-order valence-electron chi connectivity index (χ1n) is 11.5. The quantitative estimate of drug-likeness (QED) is 0.606. The second kappa shape index (κ2) is 6.08. The van der Waals surface area contributed by atoms with E-state index >= 15 is 0 Å². The molecule has 154 valence electrons. The van der Waals surface area contributed by atoms with E-state index in [1.54, 1.807) is 11.1 Å². The zero-order valence-corrected chi connectivity index (χ0v) is 18.6. The fourth-order valence-corrected chi connectivity index (χ4v) is 8.76. The van der Waals surface area contributed by atoms with E-state index in [9.17, 15) is 10.2 Å². The Labute approximate surface area is 166 Å². The van der Waals surface area contributed by atoms with Crippen LogP contribution >= 0.6 is 0 Å². The summed E-state index contributed by atoms with van der Waals surface area (Å²) in [6, 6.07) is 0. The molecule has 0 heterocycles. The smallest absolute Gasteiger partial charge is 0.0594 e. The van der Waals surface area contributed by atoms with Crippen molar-refractivity contribution < 1.29 is 10.2 Å². The van der Waals surface area contributed by atoms with E-state index in [0.717, 1.165) is 12.8 Å². The average molecular weight is 375 g/mol. The monoisotopic (exact) mass is 374 g/mol. The number of aliphatic hydroxyl groups excluding tert-OH is 2. The van der Waals surface area contributed by atoms with Gasteiger partial charge in [0.05, 0.1) is 6.10 Å². The second-order valence-corrected chi connectivity index (χ2v) is 11.9. The fraction of sp³-hybridized carbons (Fsp3) is 0.920. The number of fused-ring (bicyclic) bond motifs is 4. The van der Waals surface area contributed by atoms with E-state index in [-0.39, 0.29) is 16.9 Å². The summed E-state index contributed by atoms with van der Waals surface area (Å²) in [4.78, 5) is 0. The van der Waals surface area contributed by atoms with Crippen molar-refractivity contribution >= 4 is 0 Å². The molecule has 4 aliphatic carbocycles. The molecular weight excluding hydrogens is 332 g/mol. The number of hydrogen-bond donors (Lipinski definition) is 2. The van der Waals surface area contributed by atoms with Crippen LogP contribution in [0.25, 0.3) is 0 Å². The summed E-state index contributed by atoms with van der Waals surface area (Å²) in [7, 11) is 0. The Morgan fingerprint density at radius 1 is 0.926 bits per heavy atom. The van der Waals surface area contributed by atoms with Gasteiger partial charge in [0, 0.05) is 6.61 Å². The summed E-state index contributed by atoms with van der Waals surface area (Å²) in [5.74, 6) is 1.67. The van der Waals surface area contributed by atoms with Gasteiger partial charge in [-0.05, 0) is 90.8 Å². The van der Waals surface area contributed by atoms with Crippen LogP contribution in [0.1, 0.15) is 92.9 Å². The maximum atomic E-state index is 10.7. The maximum Gasteiger partial charge on any atom is 0.0594 e. The lowest BCUT2D eigenvalue weighted by Gasteiger charge is -2.62. The van der Waals surface area contributed by atoms with E-state index in [1.807, 2.05) is 0 Å². The average Bonchev–Trinajstić information content (AvgIpc) is 2.90. The van der Waals surface area contributed by atoms with Crippen LogP contribution in [0.15, 0.2) is 11.1 Å². The van der Waals surface area contributed by atoms with Crippen LogP contribution in [-0.2, 0) is 0 Å². The third-order valence-electron chi connectivity index (χ3n) is 10.8. The van der Waals surface area contributed by atoms with Crippen LogP contribution < -0.4 is 0 Å². The predicted octanol–water partition coefficient (Wildman–Crippen LogP) is 5.73. The van der Waals surface area contributed by atoms with Gasteiger partial charge in [0.25, 0.3) is 0 Å². The SMILES string of the molecule is C[C@H](CO)[C@H]1CC[C@@]2(C)C3=C(CC[C@]12C)[C@@]1(C)CC[C@H](O)C(C)(C)C1CC3. The van der Waals surface area contributed by atoms with E-state index in [0.29, 0.717) is 35.2 Å². The van der Waals surface area contributed by atoms with Gasteiger partial charge in [-0.2, -0.15) is 0 Å². The third-order valence-corrected chi connectivity index (χ3v) is 10.8. The van der Waals surface area contributed by atoms with Crippen LogP contribution in [0.2, 0.25) is 0 Å². The van der Waals surface area contributed by atoms with Crippen molar-refractivity contribution in [2.45, 2.75) is 99.0 Å². The Balaban J connectivity index is 1.77. The summed E-state index contributed by atoms with van der Waals surface area (Å²) in [6.07, 6.45) is 9.53. The van der Waals surface area contributed by atoms with E-state index in [2.05, 4.69) is 41.5 Å². The van der Waals surface area contributed by atoms with E-state index in [1.165, 1.54) is 38.5 Å². The molecule has 0 saturated heterocycles. The third kappa shape index (κ3) is 2.38. The Bertz CT molecular complexity index is 649. The van der Waals surface area contributed by atoms with Gasteiger partial charge < -0.3 is 10.2 Å². The van der Waals surface area contributed by atoms with Crippen molar-refractivity contribution in [2.75, 3.05) is 6.61 Å². The topological polar surface area (TPSA) is 40.5 Å². The highest BCUT2D eigenvalue weighted by Gasteiger charge is 2.63. The van der Waals surface area contributed by atoms with Gasteiger partial charge in [0.1, 0.15) is 0 Å². The molecule has 0 bridgehead atoms.